The van der Waals surface area contributed by atoms with Crippen LogP contribution in [0.4, 0.5) is 57.1 Å². The van der Waals surface area contributed by atoms with E-state index >= 15 is 0 Å². The van der Waals surface area contributed by atoms with Gasteiger partial charge < -0.3 is 0 Å². The van der Waals surface area contributed by atoms with Gasteiger partial charge in [0.05, 0.1) is 0 Å². The van der Waals surface area contributed by atoms with Gasteiger partial charge in [-0.3, -0.25) is 0 Å². The third-order valence-corrected chi connectivity index (χ3v) is 2.25. The molecule has 0 saturated carbocycles. The summed E-state index contributed by atoms with van der Waals surface area (Å²) in [5, 5.41) is -0.943. The first-order valence-corrected chi connectivity index (χ1v) is 4.38. The molecule has 1 rings (SSSR count). The number of nitrogens with zero attached hydrogens (tertiary/aromatic N) is 1. The SMILES string of the molecule is FC(F)(F)C(F)(F)N1C(F)(F)C(F)(F)NC(F)(F)C1(F)F. The molecule has 0 aromatic rings. The normalized spacial score (nSPS) is 28.4. The van der Waals surface area contributed by atoms with E-state index in [1.54, 1.807) is 0 Å². The standard InChI is InChI=1S/C6HF13N2/c7-1(8,9)4(14,15)21-5(16,17)2(10,11)20-3(12,13)6(21,18)19/h20H. The Hall–Kier alpha value is -0.990. The van der Waals surface area contributed by atoms with Gasteiger partial charge in [-0.1, -0.05) is 4.90 Å². The van der Waals surface area contributed by atoms with Gasteiger partial charge in [0.2, 0.25) is 0 Å². The van der Waals surface area contributed by atoms with Crippen molar-refractivity contribution in [1.82, 2.24) is 10.2 Å². The number of halogens is 13. The number of rotatable bonds is 1. The van der Waals surface area contributed by atoms with E-state index in [9.17, 15) is 57.1 Å². The molecule has 0 aromatic carbocycles. The molecule has 0 amide bonds. The predicted octanol–water partition coefficient (Wildman–Crippen LogP) is 3.42. The maximum absolute atomic E-state index is 12.8. The van der Waals surface area contributed by atoms with Crippen molar-refractivity contribution < 1.29 is 57.1 Å². The zero-order valence-electron chi connectivity index (χ0n) is 8.86. The first-order chi connectivity index (χ1) is 8.82. The Bertz CT molecular complexity index is 386. The van der Waals surface area contributed by atoms with Crippen molar-refractivity contribution in [3.8, 4) is 0 Å². The molecule has 0 radical (unpaired) electrons. The summed E-state index contributed by atoms with van der Waals surface area (Å²) in [4.78, 5) is -3.84. The number of nitrogens with one attached hydrogen (secondary N) is 1. The second kappa shape index (κ2) is 4.05. The molecule has 0 aromatic heterocycles. The van der Waals surface area contributed by atoms with Gasteiger partial charge in [0.1, 0.15) is 0 Å². The van der Waals surface area contributed by atoms with Gasteiger partial charge in [-0.2, -0.15) is 62.4 Å². The number of hydrogen-bond acceptors (Lipinski definition) is 2. The number of piperazine rings is 1. The van der Waals surface area contributed by atoms with Crippen LogP contribution < -0.4 is 5.32 Å². The maximum atomic E-state index is 12.8. The topological polar surface area (TPSA) is 15.3 Å². The molecular weight excluding hydrogens is 347 g/mol. The summed E-state index contributed by atoms with van der Waals surface area (Å²) in [6, 6.07) is -34.4. The van der Waals surface area contributed by atoms with Gasteiger partial charge in [-0.15, -0.1) is 0 Å². The summed E-state index contributed by atoms with van der Waals surface area (Å²) in [7, 11) is 0. The molecule has 1 fully saturated rings. The lowest BCUT2D eigenvalue weighted by atomic mass is 10.2. The first kappa shape index (κ1) is 18.1. The fraction of sp³-hybridized carbons (Fsp3) is 1.00. The van der Waals surface area contributed by atoms with E-state index in [0.717, 1.165) is 0 Å². The zero-order chi connectivity index (χ0) is 17.3. The van der Waals surface area contributed by atoms with Crippen LogP contribution in [0.3, 0.4) is 0 Å². The van der Waals surface area contributed by atoms with Gasteiger partial charge in [0.25, 0.3) is 0 Å². The first-order valence-electron chi connectivity index (χ1n) is 4.38. The predicted molar refractivity (Wildman–Crippen MR) is 35.8 cm³/mol. The molecule has 0 spiro atoms. The summed E-state index contributed by atoms with van der Waals surface area (Å²) in [6.07, 6.45) is -7.26. The molecule has 1 heterocycles. The molecule has 15 heteroatoms. The monoisotopic (exact) mass is 348 g/mol. The molecule has 0 bridgehead atoms. The summed E-state index contributed by atoms with van der Waals surface area (Å²) >= 11 is 0. The van der Waals surface area contributed by atoms with E-state index in [2.05, 4.69) is 0 Å². The van der Waals surface area contributed by atoms with E-state index in [1.165, 1.54) is 0 Å². The Kier molecular flexibility index (Phi) is 3.48. The van der Waals surface area contributed by atoms with Crippen LogP contribution in [0.25, 0.3) is 0 Å². The van der Waals surface area contributed by atoms with Crippen LogP contribution in [0.15, 0.2) is 0 Å². The summed E-state index contributed by atoms with van der Waals surface area (Å²) in [6.45, 7) is 0. The lowest BCUT2D eigenvalue weighted by Crippen LogP contribution is -2.84. The summed E-state index contributed by atoms with van der Waals surface area (Å²) in [5.41, 5.74) is 0. The second-order valence-electron chi connectivity index (χ2n) is 3.73. The van der Waals surface area contributed by atoms with Gasteiger partial charge in [-0.25, -0.2) is 0 Å². The molecule has 1 saturated heterocycles. The fourth-order valence-corrected chi connectivity index (χ4v) is 1.28. The van der Waals surface area contributed by atoms with Crippen molar-refractivity contribution in [3.05, 3.63) is 0 Å². The molecule has 0 aliphatic carbocycles. The van der Waals surface area contributed by atoms with E-state index in [1.807, 2.05) is 0 Å². The highest BCUT2D eigenvalue weighted by molar-refractivity contribution is 5.04. The highest BCUT2D eigenvalue weighted by Gasteiger charge is 2.88. The minimum Gasteiger partial charge on any atom is -0.184 e. The number of hydrogen-bond donors (Lipinski definition) is 1. The van der Waals surface area contributed by atoms with Crippen molar-refractivity contribution in [2.45, 2.75) is 36.4 Å². The Morgan fingerprint density at radius 2 is 0.905 bits per heavy atom. The van der Waals surface area contributed by atoms with Crippen molar-refractivity contribution in [3.63, 3.8) is 0 Å². The van der Waals surface area contributed by atoms with Crippen LogP contribution in [0, 0.1) is 0 Å². The maximum Gasteiger partial charge on any atom is 0.469 e. The quantitative estimate of drug-likeness (QED) is 0.577. The Morgan fingerprint density at radius 3 is 1.14 bits per heavy atom. The van der Waals surface area contributed by atoms with Gasteiger partial charge in [-0.05, 0) is 0 Å². The molecule has 0 unspecified atom stereocenters. The zero-order valence-corrected chi connectivity index (χ0v) is 8.86. The van der Waals surface area contributed by atoms with Crippen LogP contribution in [0.5, 0.6) is 0 Å². The summed E-state index contributed by atoms with van der Waals surface area (Å²) < 4.78 is 162. The molecule has 21 heavy (non-hydrogen) atoms. The molecule has 1 aliphatic heterocycles. The molecule has 126 valence electrons. The molecular formula is C6HF13N2. The van der Waals surface area contributed by atoms with Crippen molar-refractivity contribution in [2.24, 2.45) is 0 Å². The molecule has 1 aliphatic rings. The Balaban J connectivity index is 3.63. The average molecular weight is 348 g/mol. The highest BCUT2D eigenvalue weighted by atomic mass is 19.4. The molecule has 0 atom stereocenters. The molecule has 1 N–H and O–H groups in total. The molecule has 2 nitrogen and oxygen atoms in total. The largest absolute Gasteiger partial charge is 0.469 e. The third-order valence-electron chi connectivity index (χ3n) is 2.25. The smallest absolute Gasteiger partial charge is 0.184 e. The van der Waals surface area contributed by atoms with Crippen molar-refractivity contribution in [1.29, 1.82) is 0 Å². The van der Waals surface area contributed by atoms with Gasteiger partial charge in [0, 0.05) is 0 Å². The van der Waals surface area contributed by atoms with Crippen LogP contribution in [-0.4, -0.2) is 41.3 Å². The van der Waals surface area contributed by atoms with E-state index in [-0.39, 0.29) is 0 Å². The van der Waals surface area contributed by atoms with Crippen molar-refractivity contribution in [2.75, 3.05) is 0 Å². The van der Waals surface area contributed by atoms with Crippen molar-refractivity contribution >= 4 is 0 Å². The van der Waals surface area contributed by atoms with Crippen LogP contribution >= 0.6 is 0 Å². The fourth-order valence-electron chi connectivity index (χ4n) is 1.28. The highest BCUT2D eigenvalue weighted by Crippen LogP contribution is 2.58. The number of alkyl halides is 13. The van der Waals surface area contributed by atoms with Gasteiger partial charge >= 0.3 is 36.4 Å². The lowest BCUT2D eigenvalue weighted by Gasteiger charge is -2.50. The van der Waals surface area contributed by atoms with E-state index in [4.69, 9.17) is 0 Å². The third kappa shape index (κ3) is 2.20. The Morgan fingerprint density at radius 1 is 0.619 bits per heavy atom. The van der Waals surface area contributed by atoms with Gasteiger partial charge in [0.15, 0.2) is 0 Å². The minimum atomic E-state index is -7.38. The van der Waals surface area contributed by atoms with Crippen LogP contribution in [0.2, 0.25) is 0 Å². The minimum absolute atomic E-state index is 0.943. The summed E-state index contributed by atoms with van der Waals surface area (Å²) in [5.74, 6) is 0. The average Bonchev–Trinajstić information content (AvgIpc) is 2.09. The van der Waals surface area contributed by atoms with E-state index < -0.39 is 46.6 Å². The van der Waals surface area contributed by atoms with E-state index in [0.29, 0.717) is 0 Å². The van der Waals surface area contributed by atoms with Crippen LogP contribution in [-0.2, 0) is 0 Å². The lowest BCUT2D eigenvalue weighted by molar-refractivity contribution is -0.521. The second-order valence-corrected chi connectivity index (χ2v) is 3.73. The van der Waals surface area contributed by atoms with Crippen LogP contribution in [0.1, 0.15) is 0 Å². The Labute approximate surface area is 105 Å².